The Balaban J connectivity index is 2.61. The van der Waals surface area contributed by atoms with E-state index in [0.29, 0.717) is 19.4 Å². The van der Waals surface area contributed by atoms with E-state index in [1.807, 2.05) is 0 Å². The molecule has 0 aromatic heterocycles. The third kappa shape index (κ3) is 3.59. The predicted octanol–water partition coefficient (Wildman–Crippen LogP) is 0.392. The lowest BCUT2D eigenvalue weighted by Crippen LogP contribution is -2.36. The fraction of sp³-hybridized carbons (Fsp3) is 0.750. The van der Waals surface area contributed by atoms with Crippen molar-refractivity contribution in [1.82, 2.24) is 4.90 Å². The van der Waals surface area contributed by atoms with E-state index in [4.69, 9.17) is 9.79 Å². The fourth-order valence-electron chi connectivity index (χ4n) is 1.64. The summed E-state index contributed by atoms with van der Waals surface area (Å²) in [4.78, 5) is 41.6. The SMILES string of the molecule is CC(=O)SCC(=O)N1CCCC1P(=O)(O)O. The van der Waals surface area contributed by atoms with Gasteiger partial charge in [-0.25, -0.2) is 0 Å². The van der Waals surface area contributed by atoms with Crippen molar-refractivity contribution >= 4 is 30.4 Å². The molecule has 16 heavy (non-hydrogen) atoms. The first-order chi connectivity index (χ1) is 7.32. The van der Waals surface area contributed by atoms with Crippen molar-refractivity contribution in [3.63, 3.8) is 0 Å². The van der Waals surface area contributed by atoms with Crippen molar-refractivity contribution in [2.24, 2.45) is 0 Å². The molecule has 6 nitrogen and oxygen atoms in total. The first-order valence-electron chi connectivity index (χ1n) is 4.80. The van der Waals surface area contributed by atoms with Crippen LogP contribution in [-0.2, 0) is 14.2 Å². The molecule has 1 rings (SSSR count). The second-order valence-electron chi connectivity index (χ2n) is 3.58. The van der Waals surface area contributed by atoms with Crippen LogP contribution in [0.5, 0.6) is 0 Å². The van der Waals surface area contributed by atoms with E-state index in [1.165, 1.54) is 11.8 Å². The lowest BCUT2D eigenvalue weighted by Gasteiger charge is -2.24. The number of nitrogens with zero attached hydrogens (tertiary/aromatic N) is 1. The highest BCUT2D eigenvalue weighted by molar-refractivity contribution is 8.14. The summed E-state index contributed by atoms with van der Waals surface area (Å²) in [6, 6.07) is 0. The van der Waals surface area contributed by atoms with E-state index < -0.39 is 13.4 Å². The Hall–Kier alpha value is -0.360. The number of likely N-dealkylation sites (tertiary alicyclic amines) is 1. The van der Waals surface area contributed by atoms with Gasteiger partial charge in [0, 0.05) is 13.5 Å². The number of rotatable bonds is 3. The Kier molecular flexibility index (Phi) is 4.55. The Labute approximate surface area is 97.5 Å². The number of carbonyl (C=O) groups is 2. The molecule has 1 aliphatic heterocycles. The van der Waals surface area contributed by atoms with E-state index in [0.717, 1.165) is 11.8 Å². The van der Waals surface area contributed by atoms with E-state index in [-0.39, 0.29) is 16.8 Å². The van der Waals surface area contributed by atoms with E-state index >= 15 is 0 Å². The molecule has 0 spiro atoms. The van der Waals surface area contributed by atoms with Gasteiger partial charge >= 0.3 is 7.60 Å². The Bertz CT molecular complexity index is 341. The zero-order valence-corrected chi connectivity index (χ0v) is 10.5. The van der Waals surface area contributed by atoms with Crippen LogP contribution in [-0.4, -0.2) is 43.8 Å². The van der Waals surface area contributed by atoms with Crippen molar-refractivity contribution in [1.29, 1.82) is 0 Å². The van der Waals surface area contributed by atoms with E-state index in [9.17, 15) is 14.2 Å². The van der Waals surface area contributed by atoms with Gasteiger partial charge in [0.05, 0.1) is 5.75 Å². The summed E-state index contributed by atoms with van der Waals surface area (Å²) in [6.45, 7) is 1.70. The number of carbonyl (C=O) groups excluding carboxylic acids is 2. The second kappa shape index (κ2) is 5.31. The minimum atomic E-state index is -4.26. The largest absolute Gasteiger partial charge is 0.347 e. The molecule has 92 valence electrons. The molecule has 1 unspecified atom stereocenters. The maximum absolute atomic E-state index is 11.6. The van der Waals surface area contributed by atoms with Crippen LogP contribution in [0.1, 0.15) is 19.8 Å². The van der Waals surface area contributed by atoms with Crippen LogP contribution in [0.25, 0.3) is 0 Å². The zero-order chi connectivity index (χ0) is 12.3. The zero-order valence-electron chi connectivity index (χ0n) is 8.83. The molecule has 0 radical (unpaired) electrons. The maximum Gasteiger partial charge on any atom is 0.347 e. The van der Waals surface area contributed by atoms with Gasteiger partial charge in [0.2, 0.25) is 5.91 Å². The average Bonchev–Trinajstić information content (AvgIpc) is 2.61. The van der Waals surface area contributed by atoms with Crippen LogP contribution in [0, 0.1) is 0 Å². The number of thioether (sulfide) groups is 1. The molecular formula is C8H14NO5PS. The lowest BCUT2D eigenvalue weighted by atomic mass is 10.4. The Morgan fingerprint density at radius 3 is 2.62 bits per heavy atom. The smallest absolute Gasteiger partial charge is 0.327 e. The highest BCUT2D eigenvalue weighted by atomic mass is 32.2. The van der Waals surface area contributed by atoms with Gasteiger partial charge in [-0.05, 0) is 12.8 Å². The minimum absolute atomic E-state index is 0.0498. The van der Waals surface area contributed by atoms with Gasteiger partial charge in [0.25, 0.3) is 0 Å². The van der Waals surface area contributed by atoms with Gasteiger partial charge in [-0.3, -0.25) is 14.2 Å². The molecule has 0 aromatic carbocycles. The van der Waals surface area contributed by atoms with Crippen LogP contribution in [0.3, 0.4) is 0 Å². The molecule has 8 heteroatoms. The van der Waals surface area contributed by atoms with E-state index in [2.05, 4.69) is 0 Å². The Morgan fingerprint density at radius 2 is 2.12 bits per heavy atom. The van der Waals surface area contributed by atoms with Crippen molar-refractivity contribution in [2.75, 3.05) is 12.3 Å². The molecule has 1 aliphatic rings. The van der Waals surface area contributed by atoms with Crippen LogP contribution >= 0.6 is 19.4 Å². The molecule has 1 amide bonds. The monoisotopic (exact) mass is 267 g/mol. The summed E-state index contributed by atoms with van der Waals surface area (Å²) in [7, 11) is -4.26. The Morgan fingerprint density at radius 1 is 1.50 bits per heavy atom. The summed E-state index contributed by atoms with van der Waals surface area (Å²) in [5.74, 6) is -1.44. The van der Waals surface area contributed by atoms with Gasteiger partial charge in [-0.1, -0.05) is 11.8 Å². The predicted molar refractivity (Wildman–Crippen MR) is 59.9 cm³/mol. The molecule has 1 heterocycles. The van der Waals surface area contributed by atoms with Gasteiger partial charge in [-0.2, -0.15) is 0 Å². The molecule has 1 atom stereocenters. The van der Waals surface area contributed by atoms with Crippen molar-refractivity contribution < 1.29 is 23.9 Å². The van der Waals surface area contributed by atoms with Crippen LogP contribution < -0.4 is 0 Å². The van der Waals surface area contributed by atoms with Gasteiger partial charge < -0.3 is 14.7 Å². The molecule has 0 aromatic rings. The van der Waals surface area contributed by atoms with Crippen LogP contribution in [0.15, 0.2) is 0 Å². The molecule has 2 N–H and O–H groups in total. The highest BCUT2D eigenvalue weighted by Crippen LogP contribution is 2.47. The van der Waals surface area contributed by atoms with Crippen molar-refractivity contribution in [3.8, 4) is 0 Å². The molecule has 1 fully saturated rings. The number of amides is 1. The third-order valence-electron chi connectivity index (χ3n) is 2.33. The number of hydrogen-bond acceptors (Lipinski definition) is 4. The minimum Gasteiger partial charge on any atom is -0.327 e. The van der Waals surface area contributed by atoms with E-state index in [1.54, 1.807) is 0 Å². The van der Waals surface area contributed by atoms with Crippen molar-refractivity contribution in [2.45, 2.75) is 25.5 Å². The normalized spacial score (nSPS) is 21.2. The summed E-state index contributed by atoms with van der Waals surface area (Å²) in [5, 5.41) is -0.180. The molecule has 0 bridgehead atoms. The summed E-state index contributed by atoms with van der Waals surface area (Å²) < 4.78 is 11.1. The molecular weight excluding hydrogens is 253 g/mol. The third-order valence-corrected chi connectivity index (χ3v) is 4.44. The summed E-state index contributed by atoms with van der Waals surface area (Å²) in [6.07, 6.45) is 0.910. The van der Waals surface area contributed by atoms with Crippen LogP contribution in [0.2, 0.25) is 0 Å². The molecule has 1 saturated heterocycles. The maximum atomic E-state index is 11.6. The highest BCUT2D eigenvalue weighted by Gasteiger charge is 2.40. The summed E-state index contributed by atoms with van der Waals surface area (Å²) >= 11 is 0.856. The average molecular weight is 267 g/mol. The quantitative estimate of drug-likeness (QED) is 0.718. The van der Waals surface area contributed by atoms with Gasteiger partial charge in [-0.15, -0.1) is 0 Å². The van der Waals surface area contributed by atoms with Gasteiger partial charge in [0.1, 0.15) is 5.78 Å². The first kappa shape index (κ1) is 13.7. The van der Waals surface area contributed by atoms with Crippen molar-refractivity contribution in [3.05, 3.63) is 0 Å². The fourth-order valence-corrected chi connectivity index (χ4v) is 3.25. The molecule has 0 aliphatic carbocycles. The topological polar surface area (TPSA) is 94.9 Å². The first-order valence-corrected chi connectivity index (χ1v) is 7.47. The van der Waals surface area contributed by atoms with Crippen LogP contribution in [0.4, 0.5) is 0 Å². The standard InChI is InChI=1S/C8H14NO5PS/c1-6(10)16-5-7(11)9-4-2-3-8(9)15(12,13)14/h8H,2-5H2,1H3,(H2,12,13,14). The number of hydrogen-bond donors (Lipinski definition) is 2. The molecule has 0 saturated carbocycles. The second-order valence-corrected chi connectivity index (χ2v) is 6.51. The lowest BCUT2D eigenvalue weighted by molar-refractivity contribution is -0.128. The summed E-state index contributed by atoms with van der Waals surface area (Å²) in [5.41, 5.74) is 0. The van der Waals surface area contributed by atoms with Gasteiger partial charge in [0.15, 0.2) is 5.12 Å².